The molecule has 0 amide bonds. The Kier molecular flexibility index (Phi) is 2.49. The Bertz CT molecular complexity index is 449. The molecule has 2 aromatic rings. The number of fused-ring (bicyclic) bond motifs is 1. The summed E-state index contributed by atoms with van der Waals surface area (Å²) in [5.74, 6) is 0.851. The molecule has 78 valence electrons. The minimum atomic E-state index is 0.851. The van der Waals surface area contributed by atoms with Gasteiger partial charge >= 0.3 is 0 Å². The third kappa shape index (κ3) is 1.69. The van der Waals surface area contributed by atoms with Gasteiger partial charge in [0.05, 0.1) is 0 Å². The Balaban J connectivity index is 2.02. The van der Waals surface area contributed by atoms with Crippen LogP contribution in [0, 0.1) is 0 Å². The van der Waals surface area contributed by atoms with Gasteiger partial charge in [0.15, 0.2) is 0 Å². The van der Waals surface area contributed by atoms with Crippen molar-refractivity contribution in [2.24, 2.45) is 0 Å². The van der Waals surface area contributed by atoms with E-state index in [1.807, 2.05) is 11.3 Å². The Morgan fingerprint density at radius 3 is 2.67 bits per heavy atom. The first-order chi connectivity index (χ1) is 7.45. The van der Waals surface area contributed by atoms with Gasteiger partial charge in [-0.05, 0) is 34.9 Å². The molecule has 0 atom stereocenters. The smallest absolute Gasteiger partial charge is 0.0155 e. The molecule has 0 radical (unpaired) electrons. The molecular weight excluding hydrogens is 200 g/mol. The van der Waals surface area contributed by atoms with E-state index in [2.05, 4.69) is 29.6 Å². The Morgan fingerprint density at radius 1 is 1.00 bits per heavy atom. The van der Waals surface area contributed by atoms with Crippen LogP contribution in [0.4, 0.5) is 0 Å². The summed E-state index contributed by atoms with van der Waals surface area (Å²) in [6.45, 7) is 0. The predicted octanol–water partition coefficient (Wildman–Crippen LogP) is 4.95. The number of hydrogen-bond acceptors (Lipinski definition) is 1. The van der Waals surface area contributed by atoms with Crippen molar-refractivity contribution in [2.75, 3.05) is 0 Å². The summed E-state index contributed by atoms with van der Waals surface area (Å²) in [5.41, 5.74) is 0. The fourth-order valence-electron chi connectivity index (χ4n) is 2.70. The van der Waals surface area contributed by atoms with E-state index in [0.29, 0.717) is 0 Å². The Morgan fingerprint density at radius 2 is 1.80 bits per heavy atom. The lowest BCUT2D eigenvalue weighted by Gasteiger charge is -2.20. The van der Waals surface area contributed by atoms with Crippen LogP contribution >= 0.6 is 11.3 Å². The van der Waals surface area contributed by atoms with E-state index in [0.717, 1.165) is 5.92 Å². The Hall–Kier alpha value is -0.820. The molecular formula is C14H16S. The van der Waals surface area contributed by atoms with Gasteiger partial charge in [-0.3, -0.25) is 0 Å². The van der Waals surface area contributed by atoms with Crippen LogP contribution in [0.15, 0.2) is 29.6 Å². The second-order valence-electron chi connectivity index (χ2n) is 4.52. The van der Waals surface area contributed by atoms with Crippen LogP contribution in [0.5, 0.6) is 0 Å². The molecule has 0 saturated heterocycles. The van der Waals surface area contributed by atoms with Crippen molar-refractivity contribution in [1.82, 2.24) is 0 Å². The van der Waals surface area contributed by atoms with Crippen molar-refractivity contribution < 1.29 is 0 Å². The van der Waals surface area contributed by atoms with E-state index in [4.69, 9.17) is 0 Å². The van der Waals surface area contributed by atoms with Crippen LogP contribution in [0.25, 0.3) is 10.8 Å². The average molecular weight is 216 g/mol. The van der Waals surface area contributed by atoms with Crippen molar-refractivity contribution >= 4 is 22.1 Å². The Labute approximate surface area is 94.9 Å². The highest BCUT2D eigenvalue weighted by Crippen LogP contribution is 2.39. The standard InChI is InChI=1S/C14H16S/c1-2-6-11(7-3-1)14-13-9-5-4-8-12(13)10-15-14/h4-5,8-11H,1-3,6-7H2. The van der Waals surface area contributed by atoms with Crippen molar-refractivity contribution in [3.63, 3.8) is 0 Å². The van der Waals surface area contributed by atoms with Gasteiger partial charge in [0.25, 0.3) is 0 Å². The summed E-state index contributed by atoms with van der Waals surface area (Å²) in [4.78, 5) is 1.64. The molecule has 1 heterocycles. The normalized spacial score (nSPS) is 18.4. The largest absolute Gasteiger partial charge is 0.147 e. The quantitative estimate of drug-likeness (QED) is 0.632. The SMILES string of the molecule is c1ccc2c(C3CCCCC3)scc2c1. The van der Waals surface area contributed by atoms with Gasteiger partial charge in [0.1, 0.15) is 0 Å². The number of rotatable bonds is 1. The van der Waals surface area contributed by atoms with Gasteiger partial charge in [0, 0.05) is 4.88 Å². The lowest BCUT2D eigenvalue weighted by Crippen LogP contribution is -2.02. The van der Waals surface area contributed by atoms with Crippen molar-refractivity contribution in [3.05, 3.63) is 34.5 Å². The van der Waals surface area contributed by atoms with E-state index in [1.54, 1.807) is 4.88 Å². The van der Waals surface area contributed by atoms with E-state index >= 15 is 0 Å². The van der Waals surface area contributed by atoms with Gasteiger partial charge in [-0.15, -0.1) is 11.3 Å². The van der Waals surface area contributed by atoms with Gasteiger partial charge in [-0.2, -0.15) is 0 Å². The van der Waals surface area contributed by atoms with Crippen LogP contribution < -0.4 is 0 Å². The highest BCUT2D eigenvalue weighted by atomic mass is 32.1. The first-order valence-electron chi connectivity index (χ1n) is 5.91. The maximum atomic E-state index is 2.32. The van der Waals surface area contributed by atoms with Crippen LogP contribution in [-0.4, -0.2) is 0 Å². The first-order valence-corrected chi connectivity index (χ1v) is 6.79. The molecule has 0 nitrogen and oxygen atoms in total. The number of hydrogen-bond donors (Lipinski definition) is 0. The molecule has 0 aliphatic heterocycles. The number of benzene rings is 1. The van der Waals surface area contributed by atoms with Crippen molar-refractivity contribution in [1.29, 1.82) is 0 Å². The maximum absolute atomic E-state index is 2.32. The summed E-state index contributed by atoms with van der Waals surface area (Å²) in [6.07, 6.45) is 7.11. The molecule has 3 rings (SSSR count). The molecule has 1 aliphatic rings. The molecule has 0 spiro atoms. The zero-order valence-corrected chi connectivity index (χ0v) is 9.72. The summed E-state index contributed by atoms with van der Waals surface area (Å²) >= 11 is 1.97. The molecule has 1 saturated carbocycles. The minimum absolute atomic E-state index is 0.851. The highest BCUT2D eigenvalue weighted by molar-refractivity contribution is 7.11. The van der Waals surface area contributed by atoms with Crippen LogP contribution in [0.2, 0.25) is 0 Å². The summed E-state index contributed by atoms with van der Waals surface area (Å²) in [7, 11) is 0. The van der Waals surface area contributed by atoms with Crippen molar-refractivity contribution in [3.8, 4) is 0 Å². The van der Waals surface area contributed by atoms with Crippen LogP contribution in [-0.2, 0) is 0 Å². The summed E-state index contributed by atoms with van der Waals surface area (Å²) in [6, 6.07) is 8.83. The van der Waals surface area contributed by atoms with Gasteiger partial charge in [0.2, 0.25) is 0 Å². The van der Waals surface area contributed by atoms with Crippen LogP contribution in [0.3, 0.4) is 0 Å². The lowest BCUT2D eigenvalue weighted by atomic mass is 9.87. The van der Waals surface area contributed by atoms with Crippen LogP contribution in [0.1, 0.15) is 42.9 Å². The van der Waals surface area contributed by atoms with E-state index in [-0.39, 0.29) is 0 Å². The van der Waals surface area contributed by atoms with Gasteiger partial charge in [-0.1, -0.05) is 43.5 Å². The monoisotopic (exact) mass is 216 g/mol. The van der Waals surface area contributed by atoms with Crippen molar-refractivity contribution in [2.45, 2.75) is 38.0 Å². The summed E-state index contributed by atoms with van der Waals surface area (Å²) < 4.78 is 0. The molecule has 15 heavy (non-hydrogen) atoms. The molecule has 0 bridgehead atoms. The summed E-state index contributed by atoms with van der Waals surface area (Å²) in [5, 5.41) is 5.26. The first kappa shape index (κ1) is 9.41. The molecule has 0 unspecified atom stereocenters. The maximum Gasteiger partial charge on any atom is 0.0155 e. The van der Waals surface area contributed by atoms with Gasteiger partial charge < -0.3 is 0 Å². The zero-order valence-electron chi connectivity index (χ0n) is 8.91. The van der Waals surface area contributed by atoms with E-state index < -0.39 is 0 Å². The second-order valence-corrected chi connectivity index (χ2v) is 5.43. The zero-order chi connectivity index (χ0) is 10.1. The third-order valence-electron chi connectivity index (χ3n) is 3.52. The third-order valence-corrected chi connectivity index (χ3v) is 4.69. The van der Waals surface area contributed by atoms with E-state index in [1.165, 1.54) is 42.9 Å². The molecule has 1 heteroatoms. The topological polar surface area (TPSA) is 0 Å². The lowest BCUT2D eigenvalue weighted by molar-refractivity contribution is 0.450. The van der Waals surface area contributed by atoms with E-state index in [9.17, 15) is 0 Å². The minimum Gasteiger partial charge on any atom is -0.147 e. The molecule has 1 aromatic heterocycles. The molecule has 0 N–H and O–H groups in total. The molecule has 1 aromatic carbocycles. The fraction of sp³-hybridized carbons (Fsp3) is 0.429. The second kappa shape index (κ2) is 3.97. The number of thiophene rings is 1. The molecule has 1 fully saturated rings. The highest BCUT2D eigenvalue weighted by Gasteiger charge is 2.18. The fourth-order valence-corrected chi connectivity index (χ4v) is 3.90. The average Bonchev–Trinajstić information content (AvgIpc) is 2.74. The van der Waals surface area contributed by atoms with Gasteiger partial charge in [-0.25, -0.2) is 0 Å². The predicted molar refractivity (Wildman–Crippen MR) is 67.7 cm³/mol. The molecule has 1 aliphatic carbocycles.